The van der Waals surface area contributed by atoms with Crippen molar-refractivity contribution in [3.8, 4) is 0 Å². The molecule has 0 saturated carbocycles. The summed E-state index contributed by atoms with van der Waals surface area (Å²) in [6, 6.07) is 0. The lowest BCUT2D eigenvalue weighted by molar-refractivity contribution is 0.561. The summed E-state index contributed by atoms with van der Waals surface area (Å²) in [5.41, 5.74) is -0.00986. The van der Waals surface area contributed by atoms with Gasteiger partial charge in [0.25, 0.3) is 0 Å². The van der Waals surface area contributed by atoms with Crippen LogP contribution in [-0.4, -0.2) is 12.0 Å². The van der Waals surface area contributed by atoms with Crippen molar-refractivity contribution in [2.75, 3.05) is 12.4 Å². The molecule has 0 amide bonds. The predicted octanol–water partition coefficient (Wildman–Crippen LogP) is 1.71. The van der Waals surface area contributed by atoms with Crippen LogP contribution < -0.4 is 5.32 Å². The Morgan fingerprint density at radius 2 is 2.09 bits per heavy atom. The highest BCUT2D eigenvalue weighted by Gasteiger charge is 2.08. The minimum atomic E-state index is -0.632. The molecule has 0 aliphatic rings. The average molecular weight is 158 g/mol. The monoisotopic (exact) mass is 158 g/mol. The third kappa shape index (κ3) is 1.29. The first-order valence-electron chi connectivity index (χ1n) is 3.15. The van der Waals surface area contributed by atoms with Gasteiger partial charge in [-0.1, -0.05) is 0 Å². The second-order valence-electron chi connectivity index (χ2n) is 2.14. The van der Waals surface area contributed by atoms with Crippen LogP contribution in [0.25, 0.3) is 0 Å². The van der Waals surface area contributed by atoms with Crippen molar-refractivity contribution in [1.29, 1.82) is 0 Å². The van der Waals surface area contributed by atoms with E-state index in [-0.39, 0.29) is 11.4 Å². The van der Waals surface area contributed by atoms with E-state index in [1.54, 1.807) is 0 Å². The van der Waals surface area contributed by atoms with Crippen molar-refractivity contribution in [2.45, 2.75) is 6.92 Å². The minimum Gasteiger partial charge on any atom is -0.371 e. The van der Waals surface area contributed by atoms with Gasteiger partial charge in [0.05, 0.1) is 6.20 Å². The number of halogens is 2. The molecular weight excluding hydrogens is 150 g/mol. The summed E-state index contributed by atoms with van der Waals surface area (Å²) in [4.78, 5) is 3.50. The molecule has 1 aromatic rings. The topological polar surface area (TPSA) is 24.9 Å². The largest absolute Gasteiger partial charge is 0.371 e. The van der Waals surface area contributed by atoms with Gasteiger partial charge in [-0.05, 0) is 6.92 Å². The molecule has 0 aromatic carbocycles. The Labute approximate surface area is 63.3 Å². The fraction of sp³-hybridized carbons (Fsp3) is 0.286. The number of nitrogens with zero attached hydrogens (tertiary/aromatic N) is 1. The SMILES string of the molecule is CNc1ncc(F)c(C)c1F. The summed E-state index contributed by atoms with van der Waals surface area (Å²) < 4.78 is 25.5. The van der Waals surface area contributed by atoms with Crippen LogP contribution in [0.15, 0.2) is 6.20 Å². The van der Waals surface area contributed by atoms with Gasteiger partial charge in [-0.3, -0.25) is 0 Å². The Morgan fingerprint density at radius 3 is 2.64 bits per heavy atom. The van der Waals surface area contributed by atoms with Gasteiger partial charge in [-0.2, -0.15) is 0 Å². The van der Waals surface area contributed by atoms with Gasteiger partial charge in [0.1, 0.15) is 5.82 Å². The van der Waals surface area contributed by atoms with Crippen molar-refractivity contribution in [2.24, 2.45) is 0 Å². The predicted molar refractivity (Wildman–Crippen MR) is 38.4 cm³/mol. The summed E-state index contributed by atoms with van der Waals surface area (Å²) in [5, 5.41) is 2.51. The Bertz CT molecular complexity index is 273. The van der Waals surface area contributed by atoms with Crippen LogP contribution in [0.2, 0.25) is 0 Å². The van der Waals surface area contributed by atoms with E-state index >= 15 is 0 Å². The molecule has 0 aliphatic heterocycles. The molecule has 0 saturated heterocycles. The minimum absolute atomic E-state index is 0.00986. The molecular formula is C7H8F2N2. The maximum Gasteiger partial charge on any atom is 0.171 e. The van der Waals surface area contributed by atoms with Gasteiger partial charge >= 0.3 is 0 Å². The zero-order valence-electron chi connectivity index (χ0n) is 6.28. The normalized spacial score (nSPS) is 9.82. The van der Waals surface area contributed by atoms with Gasteiger partial charge in [-0.15, -0.1) is 0 Å². The van der Waals surface area contributed by atoms with Gasteiger partial charge in [0.2, 0.25) is 0 Å². The lowest BCUT2D eigenvalue weighted by Gasteiger charge is -2.03. The molecule has 0 atom stereocenters. The summed E-state index contributed by atoms with van der Waals surface area (Å²) in [5.74, 6) is -1.18. The van der Waals surface area contributed by atoms with E-state index in [0.717, 1.165) is 6.20 Å². The van der Waals surface area contributed by atoms with Crippen molar-refractivity contribution in [1.82, 2.24) is 4.98 Å². The van der Waals surface area contributed by atoms with Crippen LogP contribution in [0.3, 0.4) is 0 Å². The number of pyridine rings is 1. The number of hydrogen-bond acceptors (Lipinski definition) is 2. The van der Waals surface area contributed by atoms with E-state index in [1.165, 1.54) is 14.0 Å². The second-order valence-corrected chi connectivity index (χ2v) is 2.14. The average Bonchev–Trinajstić information content (AvgIpc) is 2.01. The molecule has 4 heteroatoms. The number of rotatable bonds is 1. The Kier molecular flexibility index (Phi) is 2.03. The van der Waals surface area contributed by atoms with Gasteiger partial charge < -0.3 is 5.32 Å². The van der Waals surface area contributed by atoms with E-state index in [4.69, 9.17) is 0 Å². The molecule has 0 radical (unpaired) electrons. The molecule has 1 aromatic heterocycles. The fourth-order valence-corrected chi connectivity index (χ4v) is 0.731. The molecule has 0 spiro atoms. The Morgan fingerprint density at radius 1 is 1.45 bits per heavy atom. The van der Waals surface area contributed by atoms with Crippen LogP contribution in [-0.2, 0) is 0 Å². The zero-order chi connectivity index (χ0) is 8.43. The van der Waals surface area contributed by atoms with E-state index in [9.17, 15) is 8.78 Å². The second kappa shape index (κ2) is 2.82. The zero-order valence-corrected chi connectivity index (χ0v) is 6.28. The summed E-state index contributed by atoms with van der Waals surface area (Å²) >= 11 is 0. The smallest absolute Gasteiger partial charge is 0.171 e. The molecule has 11 heavy (non-hydrogen) atoms. The molecule has 1 rings (SSSR count). The van der Waals surface area contributed by atoms with Crippen LogP contribution in [0.1, 0.15) is 5.56 Å². The number of anilines is 1. The molecule has 0 unspecified atom stereocenters. The first-order valence-corrected chi connectivity index (χ1v) is 3.15. The van der Waals surface area contributed by atoms with E-state index in [2.05, 4.69) is 10.3 Å². The molecule has 2 nitrogen and oxygen atoms in total. The molecule has 0 fully saturated rings. The van der Waals surface area contributed by atoms with Gasteiger partial charge in [0.15, 0.2) is 11.6 Å². The van der Waals surface area contributed by atoms with Crippen molar-refractivity contribution in [3.05, 3.63) is 23.4 Å². The molecule has 1 heterocycles. The first-order chi connectivity index (χ1) is 5.16. The highest BCUT2D eigenvalue weighted by molar-refractivity contribution is 5.38. The number of nitrogens with one attached hydrogen (secondary N) is 1. The van der Waals surface area contributed by atoms with Crippen molar-refractivity contribution in [3.63, 3.8) is 0 Å². The van der Waals surface area contributed by atoms with Gasteiger partial charge in [0, 0.05) is 12.6 Å². The van der Waals surface area contributed by atoms with E-state index in [0.29, 0.717) is 0 Å². The fourth-order valence-electron chi connectivity index (χ4n) is 0.731. The maximum atomic E-state index is 12.9. The summed E-state index contributed by atoms with van der Waals surface area (Å²) in [6.45, 7) is 1.37. The molecule has 0 bridgehead atoms. The van der Waals surface area contributed by atoms with Crippen LogP contribution in [0.4, 0.5) is 14.6 Å². The molecule has 60 valence electrons. The lowest BCUT2D eigenvalue weighted by atomic mass is 10.2. The van der Waals surface area contributed by atoms with Gasteiger partial charge in [-0.25, -0.2) is 13.8 Å². The van der Waals surface area contributed by atoms with E-state index < -0.39 is 11.6 Å². The third-order valence-electron chi connectivity index (χ3n) is 1.44. The van der Waals surface area contributed by atoms with Crippen LogP contribution in [0, 0.1) is 18.6 Å². The lowest BCUT2D eigenvalue weighted by Crippen LogP contribution is -2.00. The molecule has 1 N–H and O–H groups in total. The summed E-state index contributed by atoms with van der Waals surface area (Å²) in [6.07, 6.45) is 0.990. The first kappa shape index (κ1) is 7.91. The quantitative estimate of drug-likeness (QED) is 0.673. The Hall–Kier alpha value is -1.19. The number of aromatic nitrogens is 1. The number of hydrogen-bond donors (Lipinski definition) is 1. The van der Waals surface area contributed by atoms with Crippen molar-refractivity contribution >= 4 is 5.82 Å². The standard InChI is InChI=1S/C7H8F2N2/c1-4-5(8)3-11-7(10-2)6(4)9/h3H,1-2H3,(H,10,11). The van der Waals surface area contributed by atoms with Crippen LogP contribution in [0.5, 0.6) is 0 Å². The van der Waals surface area contributed by atoms with E-state index in [1.807, 2.05) is 0 Å². The Balaban J connectivity index is 3.25. The molecule has 0 aliphatic carbocycles. The highest BCUT2D eigenvalue weighted by Crippen LogP contribution is 2.15. The summed E-state index contributed by atoms with van der Waals surface area (Å²) in [7, 11) is 1.53. The maximum absolute atomic E-state index is 12.9. The third-order valence-corrected chi connectivity index (χ3v) is 1.44. The van der Waals surface area contributed by atoms with Crippen molar-refractivity contribution < 1.29 is 8.78 Å². The highest BCUT2D eigenvalue weighted by atomic mass is 19.1. The van der Waals surface area contributed by atoms with Crippen LogP contribution >= 0.6 is 0 Å².